The van der Waals surface area contributed by atoms with Gasteiger partial charge >= 0.3 is 0 Å². The summed E-state index contributed by atoms with van der Waals surface area (Å²) < 4.78 is 18.1. The number of nitrogens with zero attached hydrogens (tertiary/aromatic N) is 4. The summed E-state index contributed by atoms with van der Waals surface area (Å²) in [5.74, 6) is 0.402. The second-order valence-electron chi connectivity index (χ2n) is 7.30. The summed E-state index contributed by atoms with van der Waals surface area (Å²) >= 11 is 3.26. The molecule has 0 saturated carbocycles. The van der Waals surface area contributed by atoms with Crippen molar-refractivity contribution in [2.45, 2.75) is 6.92 Å². The van der Waals surface area contributed by atoms with Crippen molar-refractivity contribution in [1.82, 2.24) is 0 Å². The Hall–Kier alpha value is -5.39. The molecule has 0 saturated heterocycles. The van der Waals surface area contributed by atoms with E-state index in [2.05, 4.69) is 35.9 Å². The molecule has 11 heteroatoms. The lowest BCUT2D eigenvalue weighted by Crippen LogP contribution is -1.79. The molecule has 0 bridgehead atoms. The molecule has 0 unspecified atom stereocenters. The Morgan fingerprint density at radius 3 is 1.44 bits per heavy atom. The summed E-state index contributed by atoms with van der Waals surface area (Å²) in [5.41, 5.74) is 3.38. The lowest BCUT2D eigenvalue weighted by molar-refractivity contribution is 0.415. The van der Waals surface area contributed by atoms with Crippen LogP contribution in [0.3, 0.4) is 0 Å². The highest BCUT2D eigenvalue weighted by atomic mass is 79.9. The molecular formula is C30H22BrFN4O5. The maximum absolute atomic E-state index is 12.2. The lowest BCUT2D eigenvalue weighted by Gasteiger charge is -1.96. The molecule has 0 aromatic heterocycles. The van der Waals surface area contributed by atoms with Crippen molar-refractivity contribution < 1.29 is 28.3 Å². The first-order valence-electron chi connectivity index (χ1n) is 11.4. The van der Waals surface area contributed by atoms with Gasteiger partial charge in [0.15, 0.2) is 0 Å². The Bertz CT molecular complexity index is 1490. The predicted octanol–water partition coefficient (Wildman–Crippen LogP) is 7.83. The Morgan fingerprint density at radius 2 is 1.02 bits per heavy atom. The van der Waals surface area contributed by atoms with Gasteiger partial charge in [0.25, 0.3) is 0 Å². The summed E-state index contributed by atoms with van der Waals surface area (Å²) in [6, 6.07) is 26.6. The minimum absolute atomic E-state index is 0.343. The van der Waals surface area contributed by atoms with Crippen molar-refractivity contribution in [1.29, 1.82) is 0 Å². The molecule has 0 aliphatic carbocycles. The van der Waals surface area contributed by atoms with Crippen molar-refractivity contribution in [2.75, 3.05) is 7.11 Å². The maximum Gasteiger partial charge on any atom is 0.240 e. The van der Waals surface area contributed by atoms with Gasteiger partial charge in [-0.1, -0.05) is 28.1 Å². The second kappa shape index (κ2) is 20.6. The third-order valence-electron chi connectivity index (χ3n) is 4.43. The Balaban J connectivity index is 0.000000274. The van der Waals surface area contributed by atoms with Crippen molar-refractivity contribution in [3.05, 3.63) is 113 Å². The smallest absolute Gasteiger partial charge is 0.240 e. The first-order chi connectivity index (χ1) is 19.8. The molecule has 0 aliphatic heterocycles. The van der Waals surface area contributed by atoms with E-state index in [4.69, 9.17) is 4.74 Å². The van der Waals surface area contributed by atoms with Crippen LogP contribution in [0.15, 0.2) is 122 Å². The van der Waals surface area contributed by atoms with Gasteiger partial charge in [0.1, 0.15) is 11.6 Å². The van der Waals surface area contributed by atoms with Gasteiger partial charge in [-0.05, 0) is 97.4 Å². The molecule has 0 heterocycles. The van der Waals surface area contributed by atoms with Crippen LogP contribution in [0.4, 0.5) is 27.1 Å². The molecule has 4 aromatic rings. The first-order valence-corrected chi connectivity index (χ1v) is 12.2. The summed E-state index contributed by atoms with van der Waals surface area (Å²) in [5, 5.41) is 0. The number of isocyanates is 4. The highest BCUT2D eigenvalue weighted by Crippen LogP contribution is 2.17. The molecule has 206 valence electrons. The number of carbonyl (C=O) groups excluding carboxylic acids is 4. The van der Waals surface area contributed by atoms with Crippen molar-refractivity contribution in [3.8, 4) is 5.75 Å². The van der Waals surface area contributed by atoms with E-state index in [0.29, 0.717) is 22.7 Å². The molecular weight excluding hydrogens is 595 g/mol. The van der Waals surface area contributed by atoms with E-state index in [0.717, 1.165) is 15.8 Å². The number of benzene rings is 4. The minimum atomic E-state index is -0.343. The van der Waals surface area contributed by atoms with E-state index in [-0.39, 0.29) is 5.82 Å². The topological polar surface area (TPSA) is 127 Å². The third kappa shape index (κ3) is 15.6. The van der Waals surface area contributed by atoms with E-state index in [1.807, 2.05) is 37.3 Å². The molecule has 0 spiro atoms. The fourth-order valence-electron chi connectivity index (χ4n) is 2.60. The molecule has 0 fully saturated rings. The van der Waals surface area contributed by atoms with Gasteiger partial charge in [-0.15, -0.1) is 0 Å². The average molecular weight is 617 g/mol. The number of rotatable bonds is 5. The van der Waals surface area contributed by atoms with Crippen LogP contribution in [-0.2, 0) is 19.2 Å². The second-order valence-corrected chi connectivity index (χ2v) is 8.22. The molecule has 41 heavy (non-hydrogen) atoms. The van der Waals surface area contributed by atoms with E-state index >= 15 is 0 Å². The zero-order chi connectivity index (χ0) is 30.3. The van der Waals surface area contributed by atoms with Crippen LogP contribution < -0.4 is 4.74 Å². The van der Waals surface area contributed by atoms with Crippen molar-refractivity contribution >= 4 is 63.0 Å². The van der Waals surface area contributed by atoms with Crippen molar-refractivity contribution in [2.24, 2.45) is 20.0 Å². The van der Waals surface area contributed by atoms with E-state index < -0.39 is 0 Å². The first kappa shape index (κ1) is 33.6. The van der Waals surface area contributed by atoms with Crippen LogP contribution in [0, 0.1) is 12.7 Å². The normalized spacial score (nSPS) is 8.49. The fraction of sp³-hybridized carbons (Fsp3) is 0.0667. The van der Waals surface area contributed by atoms with Crippen LogP contribution in [0.5, 0.6) is 5.75 Å². The standard InChI is InChI=1S/C8H7NO2.C8H7NO.C7H4BrNO.C7H4FNO/c1-11-8-4-2-7(3-5-8)9-6-10;1-7-3-2-4-8(5-7)9-6-10;2*8-6-1-3-7(4-2-6)9-5-10/h2-5H,1H3;2-5H,1H3;2*1-4H. The van der Waals surface area contributed by atoms with Crippen LogP contribution in [0.1, 0.15) is 5.56 Å². The fourth-order valence-corrected chi connectivity index (χ4v) is 2.86. The molecule has 0 aliphatic rings. The molecule has 4 rings (SSSR count). The van der Waals surface area contributed by atoms with Gasteiger partial charge in [-0.2, -0.15) is 20.0 Å². The molecule has 0 radical (unpaired) electrons. The van der Waals surface area contributed by atoms with Crippen LogP contribution >= 0.6 is 15.9 Å². The van der Waals surface area contributed by atoms with E-state index in [9.17, 15) is 23.6 Å². The Morgan fingerprint density at radius 1 is 0.610 bits per heavy atom. The maximum atomic E-state index is 12.2. The largest absolute Gasteiger partial charge is 0.497 e. The lowest BCUT2D eigenvalue weighted by atomic mass is 10.2. The number of aryl methyl sites for hydroxylation is 1. The SMILES string of the molecule is COc1ccc(N=C=O)cc1.Cc1cccc(N=C=O)c1.O=C=Nc1ccc(Br)cc1.O=C=Nc1ccc(F)cc1. The highest BCUT2D eigenvalue weighted by Gasteiger charge is 1.90. The van der Waals surface area contributed by atoms with Crippen molar-refractivity contribution in [3.63, 3.8) is 0 Å². The molecule has 0 atom stereocenters. The predicted molar refractivity (Wildman–Crippen MR) is 156 cm³/mol. The molecule has 9 nitrogen and oxygen atoms in total. The number of aliphatic imine (C=N–C) groups is 4. The average Bonchev–Trinajstić information content (AvgIpc) is 2.98. The van der Waals surface area contributed by atoms with Crippen LogP contribution in [-0.4, -0.2) is 31.4 Å². The number of halogens is 2. The van der Waals surface area contributed by atoms with Gasteiger partial charge < -0.3 is 4.74 Å². The van der Waals surface area contributed by atoms with E-state index in [1.165, 1.54) is 48.6 Å². The zero-order valence-electron chi connectivity index (χ0n) is 21.8. The van der Waals surface area contributed by atoms with Crippen LogP contribution in [0.25, 0.3) is 0 Å². The summed E-state index contributed by atoms with van der Waals surface area (Å²) in [4.78, 5) is 52.6. The summed E-state index contributed by atoms with van der Waals surface area (Å²) in [6.45, 7) is 1.95. The van der Waals surface area contributed by atoms with Gasteiger partial charge in [-0.25, -0.2) is 23.6 Å². The number of hydrogen-bond donors (Lipinski definition) is 0. The Labute approximate surface area is 243 Å². The molecule has 0 amide bonds. The number of ether oxygens (including phenoxy) is 1. The number of methoxy groups -OCH3 is 1. The molecule has 0 N–H and O–H groups in total. The molecule has 4 aromatic carbocycles. The Kier molecular flexibility index (Phi) is 16.9. The zero-order valence-corrected chi connectivity index (χ0v) is 23.4. The van der Waals surface area contributed by atoms with Crippen LogP contribution in [0.2, 0.25) is 0 Å². The van der Waals surface area contributed by atoms with E-state index in [1.54, 1.807) is 49.6 Å². The monoisotopic (exact) mass is 616 g/mol. The minimum Gasteiger partial charge on any atom is -0.497 e. The van der Waals surface area contributed by atoms with Gasteiger partial charge in [0.2, 0.25) is 24.3 Å². The quantitative estimate of drug-likeness (QED) is 0.167. The summed E-state index contributed by atoms with van der Waals surface area (Å²) in [7, 11) is 1.58. The van der Waals surface area contributed by atoms with Gasteiger partial charge in [0.05, 0.1) is 29.9 Å². The number of hydrogen-bond acceptors (Lipinski definition) is 9. The third-order valence-corrected chi connectivity index (χ3v) is 4.95. The highest BCUT2D eigenvalue weighted by molar-refractivity contribution is 9.10. The van der Waals surface area contributed by atoms with Gasteiger partial charge in [0, 0.05) is 4.47 Å². The van der Waals surface area contributed by atoms with Gasteiger partial charge in [-0.3, -0.25) is 0 Å². The summed E-state index contributed by atoms with van der Waals surface area (Å²) in [6.07, 6.45) is 5.76.